The molecule has 4 nitrogen and oxygen atoms in total. The summed E-state index contributed by atoms with van der Waals surface area (Å²) in [6, 6.07) is 6.03. The van der Waals surface area contributed by atoms with Crippen LogP contribution in [-0.4, -0.2) is 11.5 Å². The highest BCUT2D eigenvalue weighted by Gasteiger charge is 2.01. The predicted octanol–water partition coefficient (Wildman–Crippen LogP) is 1.33. The van der Waals surface area contributed by atoms with Crippen molar-refractivity contribution in [2.24, 2.45) is 5.73 Å². The minimum Gasteiger partial charge on any atom is -0.320 e. The molecule has 1 rings (SSSR count). The van der Waals surface area contributed by atoms with Crippen LogP contribution in [0.1, 0.15) is 5.56 Å². The third-order valence-electron chi connectivity index (χ3n) is 1.41. The van der Waals surface area contributed by atoms with E-state index in [-0.39, 0.29) is 24.6 Å². The van der Waals surface area contributed by atoms with E-state index in [2.05, 4.69) is 11.8 Å². The van der Waals surface area contributed by atoms with Crippen molar-refractivity contribution in [3.05, 3.63) is 39.9 Å². The molecule has 0 amide bonds. The summed E-state index contributed by atoms with van der Waals surface area (Å²) in [6.07, 6.45) is 0. The number of hydrogen-bond donors (Lipinski definition) is 1. The normalized spacial score (nSPS) is 8.07. The lowest BCUT2D eigenvalue weighted by Gasteiger charge is -1.90. The molecular weight excluding hydrogens is 204 g/mol. The van der Waals surface area contributed by atoms with Crippen LogP contribution in [0.4, 0.5) is 5.69 Å². The zero-order chi connectivity index (χ0) is 9.68. The number of nitrogens with zero attached hydrogens (tertiary/aromatic N) is 1. The highest BCUT2D eigenvalue weighted by Crippen LogP contribution is 2.10. The zero-order valence-electron chi connectivity index (χ0n) is 7.27. The smallest absolute Gasteiger partial charge is 0.269 e. The van der Waals surface area contributed by atoms with Gasteiger partial charge >= 0.3 is 0 Å². The Kier molecular flexibility index (Phi) is 5.30. The summed E-state index contributed by atoms with van der Waals surface area (Å²) >= 11 is 0. The third-order valence-corrected chi connectivity index (χ3v) is 1.41. The molecule has 1 aromatic carbocycles. The van der Waals surface area contributed by atoms with Crippen LogP contribution in [0.3, 0.4) is 0 Å². The highest BCUT2D eigenvalue weighted by atomic mass is 35.5. The van der Waals surface area contributed by atoms with Crippen molar-refractivity contribution in [1.82, 2.24) is 0 Å². The molecule has 0 unspecified atom stereocenters. The largest absolute Gasteiger partial charge is 0.320 e. The lowest BCUT2D eigenvalue weighted by atomic mass is 10.2. The Morgan fingerprint density at radius 2 is 1.93 bits per heavy atom. The van der Waals surface area contributed by atoms with Crippen LogP contribution in [0.25, 0.3) is 0 Å². The molecular formula is C9H9ClN2O2. The van der Waals surface area contributed by atoms with Crippen molar-refractivity contribution in [3.8, 4) is 11.8 Å². The number of nitro groups is 1. The molecule has 14 heavy (non-hydrogen) atoms. The summed E-state index contributed by atoms with van der Waals surface area (Å²) in [5.74, 6) is 5.43. The average molecular weight is 213 g/mol. The maximum absolute atomic E-state index is 10.3. The molecule has 0 radical (unpaired) electrons. The molecule has 0 spiro atoms. The molecule has 74 valence electrons. The number of benzene rings is 1. The first-order valence-corrected chi connectivity index (χ1v) is 3.67. The molecule has 0 aliphatic rings. The molecule has 0 atom stereocenters. The maximum atomic E-state index is 10.3. The standard InChI is InChI=1S/C9H8N2O2.ClH/c10-7-1-2-8-3-5-9(6-4-8)11(12)13;/h3-6H,7,10H2;1H. The Hall–Kier alpha value is -1.57. The fourth-order valence-corrected chi connectivity index (χ4v) is 0.820. The lowest BCUT2D eigenvalue weighted by molar-refractivity contribution is -0.384. The molecule has 5 heteroatoms. The number of nitrogens with two attached hydrogens (primary N) is 1. The molecule has 0 saturated carbocycles. The Morgan fingerprint density at radius 3 is 2.36 bits per heavy atom. The van der Waals surface area contributed by atoms with E-state index in [9.17, 15) is 10.1 Å². The molecule has 0 fully saturated rings. The van der Waals surface area contributed by atoms with E-state index >= 15 is 0 Å². The van der Waals surface area contributed by atoms with Gasteiger partial charge in [-0.3, -0.25) is 10.1 Å². The highest BCUT2D eigenvalue weighted by molar-refractivity contribution is 5.85. The van der Waals surface area contributed by atoms with E-state index in [0.29, 0.717) is 0 Å². The van der Waals surface area contributed by atoms with Crippen molar-refractivity contribution in [2.75, 3.05) is 6.54 Å². The Bertz CT molecular complexity index is 365. The average Bonchev–Trinajstić information content (AvgIpc) is 2.15. The van der Waals surface area contributed by atoms with Crippen molar-refractivity contribution >= 4 is 18.1 Å². The van der Waals surface area contributed by atoms with Crippen molar-refractivity contribution in [1.29, 1.82) is 0 Å². The van der Waals surface area contributed by atoms with E-state index in [1.807, 2.05) is 0 Å². The van der Waals surface area contributed by atoms with Crippen molar-refractivity contribution in [3.63, 3.8) is 0 Å². The summed E-state index contributed by atoms with van der Waals surface area (Å²) in [4.78, 5) is 9.83. The quantitative estimate of drug-likeness (QED) is 0.434. The van der Waals surface area contributed by atoms with Crippen LogP contribution >= 0.6 is 12.4 Å². The van der Waals surface area contributed by atoms with E-state index in [4.69, 9.17) is 5.73 Å². The van der Waals surface area contributed by atoms with Crippen molar-refractivity contribution in [2.45, 2.75) is 0 Å². The first kappa shape index (κ1) is 12.4. The Morgan fingerprint density at radius 1 is 1.36 bits per heavy atom. The predicted molar refractivity (Wildman–Crippen MR) is 56.3 cm³/mol. The zero-order valence-corrected chi connectivity index (χ0v) is 8.08. The molecule has 1 aromatic rings. The van der Waals surface area contributed by atoms with Gasteiger partial charge in [0, 0.05) is 17.7 Å². The van der Waals surface area contributed by atoms with Gasteiger partial charge in [0.25, 0.3) is 5.69 Å². The van der Waals surface area contributed by atoms with Gasteiger partial charge in [-0.2, -0.15) is 0 Å². The van der Waals surface area contributed by atoms with Gasteiger partial charge in [-0.1, -0.05) is 11.8 Å². The number of hydrogen-bond acceptors (Lipinski definition) is 3. The van der Waals surface area contributed by atoms with Gasteiger partial charge in [0.15, 0.2) is 0 Å². The topological polar surface area (TPSA) is 69.2 Å². The van der Waals surface area contributed by atoms with Gasteiger partial charge < -0.3 is 5.73 Å². The van der Waals surface area contributed by atoms with Crippen LogP contribution in [0.2, 0.25) is 0 Å². The van der Waals surface area contributed by atoms with Gasteiger partial charge in [0.1, 0.15) is 0 Å². The molecule has 2 N–H and O–H groups in total. The Balaban J connectivity index is 0.00000169. The van der Waals surface area contributed by atoms with E-state index in [0.717, 1.165) is 5.56 Å². The molecule has 0 bridgehead atoms. The van der Waals surface area contributed by atoms with Crippen LogP contribution in [0, 0.1) is 22.0 Å². The number of halogens is 1. The number of rotatable bonds is 1. The second-order valence-corrected chi connectivity index (χ2v) is 2.31. The Labute approximate surface area is 87.7 Å². The molecule has 0 saturated heterocycles. The van der Waals surface area contributed by atoms with E-state index in [1.165, 1.54) is 12.1 Å². The van der Waals surface area contributed by atoms with Gasteiger partial charge in [-0.15, -0.1) is 12.4 Å². The molecule has 0 aromatic heterocycles. The first-order valence-electron chi connectivity index (χ1n) is 3.67. The van der Waals surface area contributed by atoms with Gasteiger partial charge in [-0.05, 0) is 12.1 Å². The second kappa shape index (κ2) is 5.97. The fraction of sp³-hybridized carbons (Fsp3) is 0.111. The maximum Gasteiger partial charge on any atom is 0.269 e. The van der Waals surface area contributed by atoms with E-state index in [1.54, 1.807) is 12.1 Å². The fourth-order valence-electron chi connectivity index (χ4n) is 0.820. The molecule has 0 aliphatic heterocycles. The minimum atomic E-state index is -0.444. The van der Waals surface area contributed by atoms with Crippen LogP contribution < -0.4 is 5.73 Å². The summed E-state index contributed by atoms with van der Waals surface area (Å²) < 4.78 is 0. The van der Waals surface area contributed by atoms with Gasteiger partial charge in [-0.25, -0.2) is 0 Å². The third kappa shape index (κ3) is 3.44. The summed E-state index contributed by atoms with van der Waals surface area (Å²) in [6.45, 7) is 0.289. The van der Waals surface area contributed by atoms with E-state index < -0.39 is 4.92 Å². The van der Waals surface area contributed by atoms with Gasteiger partial charge in [0.2, 0.25) is 0 Å². The molecule has 0 heterocycles. The summed E-state index contributed by atoms with van der Waals surface area (Å²) in [7, 11) is 0. The van der Waals surface area contributed by atoms with Crippen LogP contribution in [0.5, 0.6) is 0 Å². The SMILES string of the molecule is Cl.NCC#Cc1ccc([N+](=O)[O-])cc1. The van der Waals surface area contributed by atoms with Crippen LogP contribution in [-0.2, 0) is 0 Å². The lowest BCUT2D eigenvalue weighted by Crippen LogP contribution is -1.93. The monoisotopic (exact) mass is 212 g/mol. The van der Waals surface area contributed by atoms with Gasteiger partial charge in [0.05, 0.1) is 11.5 Å². The van der Waals surface area contributed by atoms with Crippen LogP contribution in [0.15, 0.2) is 24.3 Å². The summed E-state index contributed by atoms with van der Waals surface area (Å²) in [5, 5.41) is 10.3. The second-order valence-electron chi connectivity index (χ2n) is 2.31. The van der Waals surface area contributed by atoms with Crippen molar-refractivity contribution < 1.29 is 4.92 Å². The number of nitro benzene ring substituents is 1. The summed E-state index contributed by atoms with van der Waals surface area (Å²) in [5.41, 5.74) is 5.97. The number of non-ortho nitro benzene ring substituents is 1. The minimum absolute atomic E-state index is 0. The first-order chi connectivity index (χ1) is 6.24. The molecule has 0 aliphatic carbocycles.